The summed E-state index contributed by atoms with van der Waals surface area (Å²) in [6, 6.07) is 38.5. The summed E-state index contributed by atoms with van der Waals surface area (Å²) < 4.78 is 6.46. The number of fused-ring (bicyclic) bond motifs is 6. The number of para-hydroxylation sites is 1. The van der Waals surface area contributed by atoms with E-state index >= 15 is 0 Å². The Morgan fingerprint density at radius 2 is 1.29 bits per heavy atom. The van der Waals surface area contributed by atoms with Gasteiger partial charge in [-0.1, -0.05) is 105 Å². The second-order valence-corrected chi connectivity index (χ2v) is 9.85. The minimum absolute atomic E-state index is 0.0253. The Kier molecular flexibility index (Phi) is 4.22. The van der Waals surface area contributed by atoms with Gasteiger partial charge < -0.3 is 9.73 Å². The molecule has 1 aliphatic rings. The normalized spacial score (nSPS) is 13.7. The molecular weight excluding hydrogens is 426 g/mol. The van der Waals surface area contributed by atoms with Gasteiger partial charge in [0.15, 0.2) is 0 Å². The maximum atomic E-state index is 6.46. The van der Waals surface area contributed by atoms with Gasteiger partial charge in [0.25, 0.3) is 0 Å². The molecule has 0 fully saturated rings. The van der Waals surface area contributed by atoms with Crippen molar-refractivity contribution in [2.75, 3.05) is 5.32 Å². The highest BCUT2D eigenvalue weighted by molar-refractivity contribution is 6.15. The highest BCUT2D eigenvalue weighted by atomic mass is 16.3. The highest BCUT2D eigenvalue weighted by Crippen LogP contribution is 2.52. The monoisotopic (exact) mass is 451 g/mol. The summed E-state index contributed by atoms with van der Waals surface area (Å²) in [7, 11) is 0. The summed E-state index contributed by atoms with van der Waals surface area (Å²) in [6.07, 6.45) is 0. The second-order valence-electron chi connectivity index (χ2n) is 9.85. The Labute approximate surface area is 204 Å². The highest BCUT2D eigenvalue weighted by Gasteiger charge is 2.36. The Morgan fingerprint density at radius 3 is 2.17 bits per heavy atom. The molecule has 35 heavy (non-hydrogen) atoms. The third-order valence-corrected chi connectivity index (χ3v) is 7.48. The number of nitrogens with one attached hydrogen (secondary N) is 1. The molecule has 168 valence electrons. The molecule has 0 saturated heterocycles. The number of hydrogen-bond donors (Lipinski definition) is 1. The fourth-order valence-corrected chi connectivity index (χ4v) is 5.80. The second kappa shape index (κ2) is 7.35. The molecule has 1 aromatic heterocycles. The third kappa shape index (κ3) is 2.90. The van der Waals surface area contributed by atoms with Gasteiger partial charge in [-0.15, -0.1) is 0 Å². The first-order valence-electron chi connectivity index (χ1n) is 12.1. The zero-order valence-electron chi connectivity index (χ0n) is 19.8. The predicted molar refractivity (Wildman–Crippen MR) is 146 cm³/mol. The van der Waals surface area contributed by atoms with E-state index in [9.17, 15) is 0 Å². The zero-order valence-corrected chi connectivity index (χ0v) is 19.8. The zero-order chi connectivity index (χ0) is 23.6. The molecule has 0 spiro atoms. The van der Waals surface area contributed by atoms with Crippen molar-refractivity contribution < 1.29 is 4.42 Å². The average Bonchev–Trinajstić information content (AvgIpc) is 3.39. The van der Waals surface area contributed by atoms with Crippen LogP contribution < -0.4 is 5.32 Å². The van der Waals surface area contributed by atoms with Gasteiger partial charge in [0, 0.05) is 27.6 Å². The average molecular weight is 452 g/mol. The van der Waals surface area contributed by atoms with Gasteiger partial charge in [-0.3, -0.25) is 0 Å². The van der Waals surface area contributed by atoms with Gasteiger partial charge in [-0.25, -0.2) is 0 Å². The smallest absolute Gasteiger partial charge is 0.143 e. The number of anilines is 2. The third-order valence-electron chi connectivity index (χ3n) is 7.48. The standard InChI is InChI=1S/C33H25NO/c1-33(2)25-16-7-6-13-23(25)30-26(33)17-9-18-27(30)34-28-19-10-20-29-31(28)24-15-8-14-22(32(24)35-29)21-11-4-3-5-12-21/h3-20,34H,1-2H3. The maximum Gasteiger partial charge on any atom is 0.143 e. The molecule has 1 N–H and O–H groups in total. The quantitative estimate of drug-likeness (QED) is 0.290. The molecule has 2 nitrogen and oxygen atoms in total. The first kappa shape index (κ1) is 20.1. The number of furan rings is 1. The van der Waals surface area contributed by atoms with E-state index in [2.05, 4.69) is 122 Å². The van der Waals surface area contributed by atoms with E-state index in [1.165, 1.54) is 22.3 Å². The van der Waals surface area contributed by atoms with Gasteiger partial charge in [0.05, 0.1) is 11.1 Å². The molecule has 1 aliphatic carbocycles. The molecule has 0 amide bonds. The van der Waals surface area contributed by atoms with Crippen LogP contribution in [0.5, 0.6) is 0 Å². The van der Waals surface area contributed by atoms with Gasteiger partial charge in [-0.05, 0) is 40.5 Å². The van der Waals surface area contributed by atoms with Crippen molar-refractivity contribution in [1.29, 1.82) is 0 Å². The Hall–Kier alpha value is -4.30. The van der Waals surface area contributed by atoms with E-state index in [0.717, 1.165) is 44.4 Å². The van der Waals surface area contributed by atoms with Crippen LogP contribution in [0.25, 0.3) is 44.2 Å². The molecule has 1 heterocycles. The van der Waals surface area contributed by atoms with Crippen molar-refractivity contribution in [2.24, 2.45) is 0 Å². The number of benzene rings is 5. The number of hydrogen-bond acceptors (Lipinski definition) is 2. The van der Waals surface area contributed by atoms with Crippen LogP contribution in [0.2, 0.25) is 0 Å². The molecule has 2 heteroatoms. The fraction of sp³-hybridized carbons (Fsp3) is 0.0909. The van der Waals surface area contributed by atoms with Crippen molar-refractivity contribution in [1.82, 2.24) is 0 Å². The van der Waals surface area contributed by atoms with Crippen molar-refractivity contribution in [2.45, 2.75) is 19.3 Å². The minimum Gasteiger partial charge on any atom is -0.455 e. The number of rotatable bonds is 3. The fourth-order valence-electron chi connectivity index (χ4n) is 5.80. The summed E-state index contributed by atoms with van der Waals surface area (Å²) >= 11 is 0. The predicted octanol–water partition coefficient (Wildman–Crippen LogP) is 9.30. The summed E-state index contributed by atoms with van der Waals surface area (Å²) in [5.74, 6) is 0. The Balaban J connectivity index is 1.43. The maximum absolute atomic E-state index is 6.46. The summed E-state index contributed by atoms with van der Waals surface area (Å²) in [5.41, 5.74) is 11.6. The van der Waals surface area contributed by atoms with Gasteiger partial charge in [-0.2, -0.15) is 0 Å². The van der Waals surface area contributed by atoms with E-state index in [4.69, 9.17) is 4.42 Å². The van der Waals surface area contributed by atoms with Crippen LogP contribution in [0.4, 0.5) is 11.4 Å². The first-order valence-corrected chi connectivity index (χ1v) is 12.1. The van der Waals surface area contributed by atoms with E-state index in [0.29, 0.717) is 0 Å². The molecule has 0 bridgehead atoms. The Morgan fingerprint density at radius 1 is 0.600 bits per heavy atom. The van der Waals surface area contributed by atoms with Crippen LogP contribution in [0.1, 0.15) is 25.0 Å². The topological polar surface area (TPSA) is 25.2 Å². The molecular formula is C33H25NO. The van der Waals surface area contributed by atoms with E-state index in [-0.39, 0.29) is 5.41 Å². The van der Waals surface area contributed by atoms with Crippen LogP contribution in [0, 0.1) is 0 Å². The molecule has 7 rings (SSSR count). The molecule has 0 unspecified atom stereocenters. The van der Waals surface area contributed by atoms with Gasteiger partial charge in [0.1, 0.15) is 11.2 Å². The summed E-state index contributed by atoms with van der Waals surface area (Å²) in [5, 5.41) is 6.04. The van der Waals surface area contributed by atoms with Crippen LogP contribution in [0.15, 0.2) is 114 Å². The van der Waals surface area contributed by atoms with Crippen molar-refractivity contribution in [3.63, 3.8) is 0 Å². The molecule has 0 atom stereocenters. The lowest BCUT2D eigenvalue weighted by Gasteiger charge is -2.21. The summed E-state index contributed by atoms with van der Waals surface area (Å²) in [4.78, 5) is 0. The van der Waals surface area contributed by atoms with Crippen LogP contribution >= 0.6 is 0 Å². The van der Waals surface area contributed by atoms with Crippen molar-refractivity contribution in [3.05, 3.63) is 120 Å². The van der Waals surface area contributed by atoms with E-state index in [1.54, 1.807) is 0 Å². The largest absolute Gasteiger partial charge is 0.455 e. The first-order chi connectivity index (χ1) is 17.1. The van der Waals surface area contributed by atoms with Crippen LogP contribution in [-0.4, -0.2) is 0 Å². The molecule has 0 radical (unpaired) electrons. The van der Waals surface area contributed by atoms with Crippen LogP contribution in [-0.2, 0) is 5.41 Å². The van der Waals surface area contributed by atoms with Crippen molar-refractivity contribution in [3.8, 4) is 22.3 Å². The molecule has 6 aromatic rings. The molecule has 5 aromatic carbocycles. The SMILES string of the molecule is CC1(C)c2ccccc2-c2c(Nc3cccc4oc5c(-c6ccccc6)cccc5c34)cccc21. The van der Waals surface area contributed by atoms with E-state index < -0.39 is 0 Å². The lowest BCUT2D eigenvalue weighted by Crippen LogP contribution is -2.14. The Bertz CT molecular complexity index is 1740. The lowest BCUT2D eigenvalue weighted by molar-refractivity contribution is 0.660. The molecule has 0 aliphatic heterocycles. The van der Waals surface area contributed by atoms with Crippen LogP contribution in [0.3, 0.4) is 0 Å². The molecule has 0 saturated carbocycles. The van der Waals surface area contributed by atoms with E-state index in [1.807, 2.05) is 6.07 Å². The lowest BCUT2D eigenvalue weighted by atomic mass is 9.82. The minimum atomic E-state index is -0.0253. The van der Waals surface area contributed by atoms with Gasteiger partial charge >= 0.3 is 0 Å². The van der Waals surface area contributed by atoms with Gasteiger partial charge in [0.2, 0.25) is 0 Å². The van der Waals surface area contributed by atoms with Crippen molar-refractivity contribution >= 4 is 33.3 Å². The summed E-state index contributed by atoms with van der Waals surface area (Å²) in [6.45, 7) is 4.63.